The van der Waals surface area contributed by atoms with E-state index in [1.807, 2.05) is 19.1 Å². The normalized spacial score (nSPS) is 13.6. The second kappa shape index (κ2) is 6.76. The van der Waals surface area contributed by atoms with E-state index in [0.29, 0.717) is 0 Å². The number of hydrogen-bond acceptors (Lipinski definition) is 2. The summed E-state index contributed by atoms with van der Waals surface area (Å²) in [4.78, 5) is 11.0. The molecule has 1 aromatic carbocycles. The molecule has 0 aromatic heterocycles. The van der Waals surface area contributed by atoms with Crippen molar-refractivity contribution < 1.29 is 9.53 Å². The molecule has 0 aliphatic rings. The molecule has 0 radical (unpaired) electrons. The molecule has 0 fully saturated rings. The molecule has 1 rings (SSSR count). The van der Waals surface area contributed by atoms with Crippen LogP contribution in [0.1, 0.15) is 6.92 Å². The first-order valence-electron chi connectivity index (χ1n) is 5.96. The van der Waals surface area contributed by atoms with Gasteiger partial charge in [-0.15, -0.1) is 11.6 Å². The number of ether oxygens (including phenoxy) is 1. The fraction of sp³-hybridized carbons (Fsp3) is 0.357. The molecule has 0 bridgehead atoms. The third-order valence-electron chi connectivity index (χ3n) is 2.73. The lowest BCUT2D eigenvalue weighted by Crippen LogP contribution is -2.39. The van der Waals surface area contributed by atoms with E-state index >= 15 is 0 Å². The van der Waals surface area contributed by atoms with Gasteiger partial charge in [-0.1, -0.05) is 60.4 Å². The molecule has 0 saturated carbocycles. The Hall–Kier alpha value is -1.06. The van der Waals surface area contributed by atoms with Gasteiger partial charge in [-0.3, -0.25) is 4.79 Å². The third-order valence-corrected chi connectivity index (χ3v) is 5.79. The van der Waals surface area contributed by atoms with Crippen molar-refractivity contribution in [2.75, 3.05) is 5.88 Å². The SMILES string of the molecule is C[C@H](/C=C/[Si](C)(C)c1ccccc1)OC(=O)CCl. The monoisotopic (exact) mass is 282 g/mol. The number of halogens is 1. The van der Waals surface area contributed by atoms with Gasteiger partial charge < -0.3 is 4.74 Å². The van der Waals surface area contributed by atoms with Crippen LogP contribution < -0.4 is 5.19 Å². The zero-order valence-electron chi connectivity index (χ0n) is 11.0. The first-order valence-corrected chi connectivity index (χ1v) is 9.57. The van der Waals surface area contributed by atoms with Crippen molar-refractivity contribution in [2.24, 2.45) is 0 Å². The molecule has 1 atom stereocenters. The standard InChI is InChI=1S/C14H19ClO2Si/c1-12(17-14(16)11-15)9-10-18(2,3)13-7-5-4-6-8-13/h4-10,12H,11H2,1-3H3/b10-9+/t12-/m1/s1. The average Bonchev–Trinajstić information content (AvgIpc) is 2.37. The molecule has 0 unspecified atom stereocenters. The first-order chi connectivity index (χ1) is 8.45. The van der Waals surface area contributed by atoms with E-state index in [4.69, 9.17) is 16.3 Å². The zero-order valence-corrected chi connectivity index (χ0v) is 12.8. The van der Waals surface area contributed by atoms with Gasteiger partial charge >= 0.3 is 5.97 Å². The predicted octanol–water partition coefficient (Wildman–Crippen LogP) is 2.87. The zero-order chi connectivity index (χ0) is 13.6. The van der Waals surface area contributed by atoms with Gasteiger partial charge in [-0.2, -0.15) is 0 Å². The van der Waals surface area contributed by atoms with Gasteiger partial charge in [0.05, 0.1) is 0 Å². The molecule has 4 heteroatoms. The highest BCUT2D eigenvalue weighted by molar-refractivity contribution is 6.93. The number of carbonyl (C=O) groups excluding carboxylic acids is 1. The minimum atomic E-state index is -1.61. The predicted molar refractivity (Wildman–Crippen MR) is 79.0 cm³/mol. The van der Waals surface area contributed by atoms with Crippen molar-refractivity contribution >= 4 is 30.8 Å². The Morgan fingerprint density at radius 2 is 2.00 bits per heavy atom. The minimum absolute atomic E-state index is 0.0995. The van der Waals surface area contributed by atoms with Crippen molar-refractivity contribution in [3.05, 3.63) is 42.1 Å². The fourth-order valence-corrected chi connectivity index (χ4v) is 3.68. The van der Waals surface area contributed by atoms with E-state index in [1.54, 1.807) is 0 Å². The molecule has 98 valence electrons. The smallest absolute Gasteiger partial charge is 0.321 e. The van der Waals surface area contributed by atoms with Gasteiger partial charge in [0.1, 0.15) is 20.1 Å². The second-order valence-corrected chi connectivity index (χ2v) is 9.40. The van der Waals surface area contributed by atoms with Crippen LogP contribution in [-0.4, -0.2) is 26.0 Å². The fourth-order valence-electron chi connectivity index (χ4n) is 1.62. The molecular weight excluding hydrogens is 264 g/mol. The van der Waals surface area contributed by atoms with Gasteiger partial charge in [-0.25, -0.2) is 0 Å². The summed E-state index contributed by atoms with van der Waals surface area (Å²) in [5.74, 6) is -0.481. The van der Waals surface area contributed by atoms with Crippen molar-refractivity contribution in [3.8, 4) is 0 Å². The number of alkyl halides is 1. The maximum atomic E-state index is 11.0. The van der Waals surface area contributed by atoms with Crippen LogP contribution in [0.4, 0.5) is 0 Å². The molecule has 0 amide bonds. The minimum Gasteiger partial charge on any atom is -0.458 e. The maximum absolute atomic E-state index is 11.0. The first kappa shape index (κ1) is 15.0. The summed E-state index contributed by atoms with van der Waals surface area (Å²) in [6, 6.07) is 10.4. The Kier molecular flexibility index (Phi) is 5.63. The summed E-state index contributed by atoms with van der Waals surface area (Å²) in [6.45, 7) is 6.36. The lowest BCUT2D eigenvalue weighted by atomic mass is 10.4. The van der Waals surface area contributed by atoms with Crippen LogP contribution in [-0.2, 0) is 9.53 Å². The van der Waals surface area contributed by atoms with Crippen molar-refractivity contribution in [3.63, 3.8) is 0 Å². The Labute approximate surface area is 115 Å². The molecule has 0 aliphatic carbocycles. The highest BCUT2D eigenvalue weighted by Gasteiger charge is 2.19. The Balaban J connectivity index is 2.68. The second-order valence-electron chi connectivity index (χ2n) is 4.78. The number of hydrogen-bond donors (Lipinski definition) is 0. The van der Waals surface area contributed by atoms with E-state index in [9.17, 15) is 4.79 Å². The molecule has 0 spiro atoms. The summed E-state index contributed by atoms with van der Waals surface area (Å²) >= 11 is 5.39. The average molecular weight is 283 g/mol. The number of rotatable bonds is 5. The van der Waals surface area contributed by atoms with Crippen molar-refractivity contribution in [1.29, 1.82) is 0 Å². The van der Waals surface area contributed by atoms with Crippen molar-refractivity contribution in [2.45, 2.75) is 26.1 Å². The Morgan fingerprint density at radius 1 is 1.39 bits per heavy atom. The molecule has 0 saturated heterocycles. The van der Waals surface area contributed by atoms with E-state index < -0.39 is 8.07 Å². The molecular formula is C14H19ClO2Si. The molecule has 2 nitrogen and oxygen atoms in total. The molecule has 0 heterocycles. The quantitative estimate of drug-likeness (QED) is 0.472. The summed E-state index contributed by atoms with van der Waals surface area (Å²) in [6.07, 6.45) is 1.72. The van der Waals surface area contributed by atoms with Crippen LogP contribution in [0.25, 0.3) is 0 Å². The van der Waals surface area contributed by atoms with Crippen LogP contribution in [0.5, 0.6) is 0 Å². The molecule has 1 aromatic rings. The van der Waals surface area contributed by atoms with E-state index in [1.165, 1.54) is 5.19 Å². The molecule has 18 heavy (non-hydrogen) atoms. The van der Waals surface area contributed by atoms with Gasteiger partial charge in [0, 0.05) is 0 Å². The lowest BCUT2D eigenvalue weighted by Gasteiger charge is -2.19. The largest absolute Gasteiger partial charge is 0.458 e. The topological polar surface area (TPSA) is 26.3 Å². The maximum Gasteiger partial charge on any atom is 0.321 e. The third kappa shape index (κ3) is 4.67. The van der Waals surface area contributed by atoms with E-state index in [2.05, 4.69) is 43.1 Å². The van der Waals surface area contributed by atoms with E-state index in [-0.39, 0.29) is 18.0 Å². The molecule has 0 aliphatic heterocycles. The molecule has 0 N–H and O–H groups in total. The van der Waals surface area contributed by atoms with Crippen LogP contribution in [0.15, 0.2) is 42.1 Å². The van der Waals surface area contributed by atoms with Gasteiger partial charge in [0.15, 0.2) is 0 Å². The van der Waals surface area contributed by atoms with Crippen LogP contribution >= 0.6 is 11.6 Å². The number of carbonyl (C=O) groups is 1. The van der Waals surface area contributed by atoms with Gasteiger partial charge in [-0.05, 0) is 6.92 Å². The van der Waals surface area contributed by atoms with Crippen molar-refractivity contribution in [1.82, 2.24) is 0 Å². The van der Waals surface area contributed by atoms with Crippen LogP contribution in [0.2, 0.25) is 13.1 Å². The van der Waals surface area contributed by atoms with E-state index in [0.717, 1.165) is 0 Å². The number of benzene rings is 1. The summed E-state index contributed by atoms with van der Waals surface area (Å²) in [5, 5.41) is 1.36. The number of esters is 1. The van der Waals surface area contributed by atoms with Crippen LogP contribution in [0, 0.1) is 0 Å². The highest BCUT2D eigenvalue weighted by atomic mass is 35.5. The summed E-state index contributed by atoms with van der Waals surface area (Å²) in [5.41, 5.74) is 2.19. The van der Waals surface area contributed by atoms with Crippen LogP contribution in [0.3, 0.4) is 0 Å². The lowest BCUT2D eigenvalue weighted by molar-refractivity contribution is -0.143. The highest BCUT2D eigenvalue weighted by Crippen LogP contribution is 2.07. The Bertz CT molecular complexity index is 415. The van der Waals surface area contributed by atoms with Gasteiger partial charge in [0.2, 0.25) is 0 Å². The summed E-state index contributed by atoms with van der Waals surface area (Å²) < 4.78 is 5.10. The van der Waals surface area contributed by atoms with Gasteiger partial charge in [0.25, 0.3) is 0 Å². The summed E-state index contributed by atoms with van der Waals surface area (Å²) in [7, 11) is -1.61. The Morgan fingerprint density at radius 3 is 2.56 bits per heavy atom.